The van der Waals surface area contributed by atoms with Crippen LogP contribution in [0.3, 0.4) is 0 Å². The van der Waals surface area contributed by atoms with Gasteiger partial charge in [-0.05, 0) is 30.3 Å². The van der Waals surface area contributed by atoms with E-state index in [9.17, 15) is 4.79 Å². The Morgan fingerprint density at radius 1 is 1.04 bits per heavy atom. The van der Waals surface area contributed by atoms with Crippen LogP contribution in [0.4, 0.5) is 5.69 Å². The normalized spacial score (nSPS) is 23.4. The van der Waals surface area contributed by atoms with Crippen LogP contribution in [-0.4, -0.2) is 50.4 Å². The number of hydrogen-bond donors (Lipinski definition) is 2. The van der Waals surface area contributed by atoms with E-state index >= 15 is 0 Å². The van der Waals surface area contributed by atoms with Gasteiger partial charge in [0, 0.05) is 54.9 Å². The summed E-state index contributed by atoms with van der Waals surface area (Å²) in [6.07, 6.45) is 0.227. The highest BCUT2D eigenvalue weighted by atomic mass is 35.5. The number of carbonyl (C=O) groups excluding carboxylic acids is 1. The maximum atomic E-state index is 12.4. The number of methoxy groups -OCH3 is 1. The highest BCUT2D eigenvalue weighted by Crippen LogP contribution is 2.29. The fourth-order valence-corrected chi connectivity index (χ4v) is 4.05. The maximum Gasteiger partial charge on any atom is 0.224 e. The van der Waals surface area contributed by atoms with E-state index in [0.29, 0.717) is 6.42 Å². The number of nitrogens with one attached hydrogen (secondary N) is 2. The van der Waals surface area contributed by atoms with Crippen LogP contribution >= 0.6 is 11.6 Å². The molecule has 28 heavy (non-hydrogen) atoms. The minimum atomic E-state index is -0.177. The zero-order chi connectivity index (χ0) is 19.5. The van der Waals surface area contributed by atoms with Crippen LogP contribution < -0.4 is 20.3 Å². The van der Waals surface area contributed by atoms with Crippen molar-refractivity contribution in [2.75, 3.05) is 38.2 Å². The van der Waals surface area contributed by atoms with E-state index in [1.807, 2.05) is 36.4 Å². The number of rotatable bonds is 4. The van der Waals surface area contributed by atoms with Gasteiger partial charge < -0.3 is 15.0 Å². The second-order valence-corrected chi connectivity index (χ2v) is 7.57. The molecule has 0 saturated carbocycles. The Balaban J connectivity index is 1.42. The third kappa shape index (κ3) is 4.09. The molecule has 2 atom stereocenters. The summed E-state index contributed by atoms with van der Waals surface area (Å²) >= 11 is 5.99. The van der Waals surface area contributed by atoms with Gasteiger partial charge in [0.05, 0.1) is 7.11 Å². The molecule has 2 saturated heterocycles. The first-order valence-electron chi connectivity index (χ1n) is 9.57. The van der Waals surface area contributed by atoms with E-state index in [0.717, 1.165) is 42.5 Å². The molecule has 2 aliphatic heterocycles. The van der Waals surface area contributed by atoms with Crippen molar-refractivity contribution in [3.05, 3.63) is 59.1 Å². The summed E-state index contributed by atoms with van der Waals surface area (Å²) in [6, 6.07) is 15.8. The van der Waals surface area contributed by atoms with Crippen LogP contribution in [-0.2, 0) is 4.79 Å². The van der Waals surface area contributed by atoms with Crippen LogP contribution in [0.2, 0.25) is 5.02 Å². The molecule has 0 radical (unpaired) electrons. The minimum absolute atomic E-state index is 0.0554. The molecule has 0 aliphatic carbocycles. The predicted octanol–water partition coefficient (Wildman–Crippen LogP) is 2.61. The average molecular weight is 401 g/mol. The third-order valence-corrected chi connectivity index (χ3v) is 5.68. The summed E-state index contributed by atoms with van der Waals surface area (Å²) in [4.78, 5) is 17.0. The maximum absolute atomic E-state index is 12.4. The largest absolute Gasteiger partial charge is 0.496 e. The number of halogens is 1. The molecule has 6 nitrogen and oxygen atoms in total. The molecule has 0 spiro atoms. The van der Waals surface area contributed by atoms with Gasteiger partial charge in [-0.25, -0.2) is 0 Å². The molecule has 4 rings (SSSR count). The lowest BCUT2D eigenvalue weighted by Crippen LogP contribution is -2.64. The average Bonchev–Trinajstić information content (AvgIpc) is 2.74. The summed E-state index contributed by atoms with van der Waals surface area (Å²) in [7, 11) is 1.66. The van der Waals surface area contributed by atoms with Gasteiger partial charge in [0.15, 0.2) is 0 Å². The topological polar surface area (TPSA) is 56.8 Å². The summed E-state index contributed by atoms with van der Waals surface area (Å²) in [5.74, 6) is 0.862. The first kappa shape index (κ1) is 19.1. The number of hydrogen-bond acceptors (Lipinski definition) is 5. The number of anilines is 1. The lowest BCUT2D eigenvalue weighted by Gasteiger charge is -2.43. The third-order valence-electron chi connectivity index (χ3n) is 5.43. The standard InChI is InChI=1S/C21H25ClN4O2/c1-28-19-5-3-2-4-17(19)18-14-20(27)24-21(23-18)26-12-10-25(11-13-26)16-8-6-15(22)7-9-16/h2-9,18,21,23H,10-14H2,1H3,(H,24,27). The number of amides is 1. The molecular formula is C21H25ClN4O2. The van der Waals surface area contributed by atoms with Crippen molar-refractivity contribution >= 4 is 23.2 Å². The first-order valence-corrected chi connectivity index (χ1v) is 9.95. The highest BCUT2D eigenvalue weighted by Gasteiger charge is 2.33. The lowest BCUT2D eigenvalue weighted by molar-refractivity contribution is -0.127. The molecule has 2 heterocycles. The minimum Gasteiger partial charge on any atom is -0.496 e. The van der Waals surface area contributed by atoms with Crippen molar-refractivity contribution in [1.82, 2.24) is 15.5 Å². The van der Waals surface area contributed by atoms with Crippen LogP contribution in [0.25, 0.3) is 0 Å². The zero-order valence-corrected chi connectivity index (χ0v) is 16.7. The Morgan fingerprint density at radius 2 is 1.75 bits per heavy atom. The molecule has 2 N–H and O–H groups in total. The Labute approximate surface area is 170 Å². The second-order valence-electron chi connectivity index (χ2n) is 7.13. The number of piperazine rings is 1. The number of carbonyl (C=O) groups is 1. The zero-order valence-electron chi connectivity index (χ0n) is 15.9. The number of nitrogens with zero attached hydrogens (tertiary/aromatic N) is 2. The van der Waals surface area contributed by atoms with Gasteiger partial charge in [0.25, 0.3) is 0 Å². The number of ether oxygens (including phenoxy) is 1. The summed E-state index contributed by atoms with van der Waals surface area (Å²) in [5.41, 5.74) is 2.20. The molecule has 2 aromatic rings. The van der Waals surface area contributed by atoms with E-state index in [1.165, 1.54) is 5.69 Å². The molecule has 2 aromatic carbocycles. The Bertz CT molecular complexity index is 821. The van der Waals surface area contributed by atoms with Gasteiger partial charge in [-0.2, -0.15) is 0 Å². The first-order chi connectivity index (χ1) is 13.6. The highest BCUT2D eigenvalue weighted by molar-refractivity contribution is 6.30. The van der Waals surface area contributed by atoms with Gasteiger partial charge in [-0.1, -0.05) is 29.8 Å². The van der Waals surface area contributed by atoms with Gasteiger partial charge in [-0.15, -0.1) is 0 Å². The Hall–Kier alpha value is -2.28. The van der Waals surface area contributed by atoms with E-state index in [-0.39, 0.29) is 18.2 Å². The SMILES string of the molecule is COc1ccccc1C1CC(=O)NC(N2CCN(c3ccc(Cl)cc3)CC2)N1. The molecule has 0 aromatic heterocycles. The smallest absolute Gasteiger partial charge is 0.224 e. The number of benzene rings is 2. The van der Waals surface area contributed by atoms with Crippen LogP contribution in [0.1, 0.15) is 18.0 Å². The molecule has 2 aliphatic rings. The number of para-hydroxylation sites is 1. The van der Waals surface area contributed by atoms with Gasteiger partial charge in [0.1, 0.15) is 12.0 Å². The van der Waals surface area contributed by atoms with Crippen molar-refractivity contribution in [2.45, 2.75) is 18.8 Å². The fourth-order valence-electron chi connectivity index (χ4n) is 3.93. The van der Waals surface area contributed by atoms with Crippen LogP contribution in [0.15, 0.2) is 48.5 Å². The quantitative estimate of drug-likeness (QED) is 0.826. The molecule has 7 heteroatoms. The van der Waals surface area contributed by atoms with E-state index < -0.39 is 0 Å². The Kier molecular flexibility index (Phi) is 5.71. The van der Waals surface area contributed by atoms with Gasteiger partial charge in [0.2, 0.25) is 5.91 Å². The van der Waals surface area contributed by atoms with E-state index in [4.69, 9.17) is 16.3 Å². The fraction of sp³-hybridized carbons (Fsp3) is 0.381. The predicted molar refractivity (Wildman–Crippen MR) is 111 cm³/mol. The van der Waals surface area contributed by atoms with Crippen molar-refractivity contribution in [2.24, 2.45) is 0 Å². The molecule has 1 amide bonds. The Morgan fingerprint density at radius 3 is 2.46 bits per heavy atom. The summed E-state index contributed by atoms with van der Waals surface area (Å²) in [6.45, 7) is 3.52. The van der Waals surface area contributed by atoms with Crippen molar-refractivity contribution in [3.63, 3.8) is 0 Å². The summed E-state index contributed by atoms with van der Waals surface area (Å²) in [5, 5.41) is 7.42. The van der Waals surface area contributed by atoms with Crippen molar-refractivity contribution in [1.29, 1.82) is 0 Å². The molecule has 2 unspecified atom stereocenters. The van der Waals surface area contributed by atoms with Crippen LogP contribution in [0.5, 0.6) is 5.75 Å². The van der Waals surface area contributed by atoms with Gasteiger partial charge in [-0.3, -0.25) is 15.0 Å². The monoisotopic (exact) mass is 400 g/mol. The van der Waals surface area contributed by atoms with Crippen molar-refractivity contribution < 1.29 is 9.53 Å². The van der Waals surface area contributed by atoms with Crippen molar-refractivity contribution in [3.8, 4) is 5.75 Å². The lowest BCUT2D eigenvalue weighted by atomic mass is 10.0. The molecule has 148 valence electrons. The molecule has 0 bridgehead atoms. The second kappa shape index (κ2) is 8.39. The van der Waals surface area contributed by atoms with Crippen LogP contribution in [0, 0.1) is 0 Å². The summed E-state index contributed by atoms with van der Waals surface area (Å²) < 4.78 is 5.48. The molecular weight excluding hydrogens is 376 g/mol. The molecule has 2 fully saturated rings. The van der Waals surface area contributed by atoms with E-state index in [2.05, 4.69) is 32.6 Å². The van der Waals surface area contributed by atoms with E-state index in [1.54, 1.807) is 7.11 Å². The van der Waals surface area contributed by atoms with Gasteiger partial charge >= 0.3 is 0 Å².